The molecule has 3 aromatic heterocycles. The summed E-state index contributed by atoms with van der Waals surface area (Å²) in [4.78, 5) is 4.64. The van der Waals surface area contributed by atoms with Crippen LogP contribution in [0.4, 0.5) is 0 Å². The number of imidazole rings is 1. The summed E-state index contributed by atoms with van der Waals surface area (Å²) < 4.78 is 11.0. The van der Waals surface area contributed by atoms with Crippen LogP contribution in [0.25, 0.3) is 21.7 Å². The molecule has 4 nitrogen and oxygen atoms in total. The zero-order chi connectivity index (χ0) is 14.1. The van der Waals surface area contributed by atoms with Gasteiger partial charge < -0.3 is 13.9 Å². The highest BCUT2D eigenvalue weighted by molar-refractivity contribution is 7.17. The van der Waals surface area contributed by atoms with Gasteiger partial charge in [-0.15, -0.1) is 11.3 Å². The number of ether oxygens (including phenoxy) is 1. The van der Waals surface area contributed by atoms with Gasteiger partial charge in [-0.1, -0.05) is 6.92 Å². The van der Waals surface area contributed by atoms with Gasteiger partial charge in [0.2, 0.25) is 0 Å². The van der Waals surface area contributed by atoms with Gasteiger partial charge in [-0.2, -0.15) is 0 Å². The fourth-order valence-electron chi connectivity index (χ4n) is 2.59. The van der Waals surface area contributed by atoms with Gasteiger partial charge in [-0.3, -0.25) is 0 Å². The number of methoxy groups -OCH3 is 1. The Hall–Kier alpha value is -1.59. The van der Waals surface area contributed by atoms with Crippen LogP contribution in [0, 0.1) is 0 Å². The highest BCUT2D eigenvalue weighted by Crippen LogP contribution is 2.30. The van der Waals surface area contributed by atoms with Crippen LogP contribution in [0.5, 0.6) is 0 Å². The molecule has 0 spiro atoms. The van der Waals surface area contributed by atoms with Crippen LogP contribution in [0.2, 0.25) is 0 Å². The lowest BCUT2D eigenvalue weighted by Gasteiger charge is -2.11. The first kappa shape index (κ1) is 13.4. The maximum atomic E-state index is 5.23. The SMILES string of the molecule is CCc1cnc(-c2cc3sccc3n2C)n1CCOC. The molecule has 0 aliphatic rings. The summed E-state index contributed by atoms with van der Waals surface area (Å²) in [6.07, 6.45) is 2.96. The van der Waals surface area contributed by atoms with Gasteiger partial charge in [0.1, 0.15) is 0 Å². The van der Waals surface area contributed by atoms with E-state index < -0.39 is 0 Å². The van der Waals surface area contributed by atoms with E-state index in [1.807, 2.05) is 6.20 Å². The van der Waals surface area contributed by atoms with Crippen LogP contribution in [-0.2, 0) is 24.8 Å². The molecule has 0 unspecified atom stereocenters. The summed E-state index contributed by atoms with van der Waals surface area (Å²) in [6, 6.07) is 4.39. The van der Waals surface area contributed by atoms with Crippen molar-refractivity contribution in [3.63, 3.8) is 0 Å². The molecule has 20 heavy (non-hydrogen) atoms. The molecule has 3 aromatic rings. The van der Waals surface area contributed by atoms with Gasteiger partial charge in [-0.05, 0) is 23.9 Å². The lowest BCUT2D eigenvalue weighted by molar-refractivity contribution is 0.187. The molecule has 5 heteroatoms. The number of hydrogen-bond donors (Lipinski definition) is 0. The third-order valence-corrected chi connectivity index (χ3v) is 4.57. The molecule has 0 atom stereocenters. The fourth-order valence-corrected chi connectivity index (χ4v) is 3.44. The Morgan fingerprint density at radius 3 is 2.95 bits per heavy atom. The molecule has 0 saturated heterocycles. The second-order valence-electron chi connectivity index (χ2n) is 4.83. The van der Waals surface area contributed by atoms with Gasteiger partial charge in [0, 0.05) is 32.6 Å². The lowest BCUT2D eigenvalue weighted by atomic mass is 10.3. The first-order valence-corrected chi connectivity index (χ1v) is 7.70. The molecule has 0 aromatic carbocycles. The molecule has 0 fully saturated rings. The molecule has 0 amide bonds. The van der Waals surface area contributed by atoms with Crippen LogP contribution in [0.1, 0.15) is 12.6 Å². The van der Waals surface area contributed by atoms with E-state index in [1.54, 1.807) is 18.4 Å². The van der Waals surface area contributed by atoms with Crippen molar-refractivity contribution in [3.05, 3.63) is 29.4 Å². The van der Waals surface area contributed by atoms with Crippen LogP contribution in [0.15, 0.2) is 23.7 Å². The first-order valence-electron chi connectivity index (χ1n) is 6.83. The third kappa shape index (κ3) is 2.07. The van der Waals surface area contributed by atoms with Crippen molar-refractivity contribution in [1.29, 1.82) is 0 Å². The van der Waals surface area contributed by atoms with Crippen molar-refractivity contribution in [2.45, 2.75) is 19.9 Å². The number of nitrogens with zero attached hydrogens (tertiary/aromatic N) is 3. The number of hydrogen-bond acceptors (Lipinski definition) is 3. The Kier molecular flexibility index (Phi) is 3.63. The molecular formula is C15H19N3OS. The summed E-state index contributed by atoms with van der Waals surface area (Å²) in [5.74, 6) is 1.03. The molecule has 0 saturated carbocycles. The minimum Gasteiger partial charge on any atom is -0.383 e. The maximum Gasteiger partial charge on any atom is 0.156 e. The Bertz CT molecular complexity index is 723. The van der Waals surface area contributed by atoms with Crippen molar-refractivity contribution >= 4 is 21.6 Å². The summed E-state index contributed by atoms with van der Waals surface area (Å²) in [5.41, 5.74) is 3.69. The Balaban J connectivity index is 2.10. The van der Waals surface area contributed by atoms with Crippen molar-refractivity contribution in [2.24, 2.45) is 7.05 Å². The number of thiophene rings is 1. The summed E-state index contributed by atoms with van der Waals surface area (Å²) in [6.45, 7) is 3.71. The van der Waals surface area contributed by atoms with Crippen molar-refractivity contribution < 1.29 is 4.74 Å². The Morgan fingerprint density at radius 1 is 1.40 bits per heavy atom. The highest BCUT2D eigenvalue weighted by Gasteiger charge is 2.15. The Labute approximate surface area is 122 Å². The smallest absolute Gasteiger partial charge is 0.156 e. The number of aromatic nitrogens is 3. The zero-order valence-electron chi connectivity index (χ0n) is 12.1. The van der Waals surface area contributed by atoms with E-state index >= 15 is 0 Å². The molecule has 106 valence electrons. The van der Waals surface area contributed by atoms with Crippen LogP contribution in [-0.4, -0.2) is 27.8 Å². The Morgan fingerprint density at radius 2 is 2.25 bits per heavy atom. The fraction of sp³-hybridized carbons (Fsp3) is 0.400. The van der Waals surface area contributed by atoms with Crippen LogP contribution >= 0.6 is 11.3 Å². The van der Waals surface area contributed by atoms with Gasteiger partial charge in [0.25, 0.3) is 0 Å². The molecular weight excluding hydrogens is 270 g/mol. The molecule has 3 rings (SSSR count). The third-order valence-electron chi connectivity index (χ3n) is 3.71. The van der Waals surface area contributed by atoms with E-state index in [0.717, 1.165) is 18.8 Å². The zero-order valence-corrected chi connectivity index (χ0v) is 12.9. The van der Waals surface area contributed by atoms with E-state index in [4.69, 9.17) is 4.74 Å². The summed E-state index contributed by atoms with van der Waals surface area (Å²) in [5, 5.41) is 2.13. The molecule has 3 heterocycles. The minimum absolute atomic E-state index is 0.704. The van der Waals surface area contributed by atoms with Crippen molar-refractivity contribution in [1.82, 2.24) is 14.1 Å². The quantitative estimate of drug-likeness (QED) is 0.721. The predicted molar refractivity (Wildman–Crippen MR) is 83.3 cm³/mol. The largest absolute Gasteiger partial charge is 0.383 e. The van der Waals surface area contributed by atoms with Gasteiger partial charge in [0.15, 0.2) is 5.82 Å². The first-order chi connectivity index (χ1) is 9.76. The predicted octanol–water partition coefficient (Wildman–Crippen LogP) is 3.31. The van der Waals surface area contributed by atoms with E-state index in [0.29, 0.717) is 6.61 Å². The number of aryl methyl sites for hydroxylation is 2. The van der Waals surface area contributed by atoms with Gasteiger partial charge >= 0.3 is 0 Å². The lowest BCUT2D eigenvalue weighted by Crippen LogP contribution is -2.10. The summed E-state index contributed by atoms with van der Waals surface area (Å²) >= 11 is 1.77. The van der Waals surface area contributed by atoms with Crippen LogP contribution < -0.4 is 0 Å². The van der Waals surface area contributed by atoms with E-state index in [9.17, 15) is 0 Å². The monoisotopic (exact) mass is 289 g/mol. The highest BCUT2D eigenvalue weighted by atomic mass is 32.1. The normalized spacial score (nSPS) is 11.6. The second-order valence-corrected chi connectivity index (χ2v) is 5.78. The average molecular weight is 289 g/mol. The maximum absolute atomic E-state index is 5.23. The number of rotatable bonds is 5. The molecule has 0 radical (unpaired) electrons. The van der Waals surface area contributed by atoms with Crippen molar-refractivity contribution in [2.75, 3.05) is 13.7 Å². The van der Waals surface area contributed by atoms with Crippen LogP contribution in [0.3, 0.4) is 0 Å². The topological polar surface area (TPSA) is 32.0 Å². The van der Waals surface area contributed by atoms with Gasteiger partial charge in [-0.25, -0.2) is 4.98 Å². The molecule has 0 aliphatic heterocycles. The van der Waals surface area contributed by atoms with Gasteiger partial charge in [0.05, 0.1) is 22.5 Å². The minimum atomic E-state index is 0.704. The van der Waals surface area contributed by atoms with E-state index in [-0.39, 0.29) is 0 Å². The molecule has 0 N–H and O–H groups in total. The summed E-state index contributed by atoms with van der Waals surface area (Å²) in [7, 11) is 3.84. The van der Waals surface area contributed by atoms with E-state index in [2.05, 4.69) is 45.6 Å². The second kappa shape index (κ2) is 5.42. The molecule has 0 aliphatic carbocycles. The standard InChI is InChI=1S/C15H19N3OS/c1-4-11-10-16-15(18(11)6-7-19-3)13-9-14-12(17(13)2)5-8-20-14/h5,8-10H,4,6-7H2,1-3H3. The molecule has 0 bridgehead atoms. The average Bonchev–Trinajstić information content (AvgIpc) is 3.12. The number of fused-ring (bicyclic) bond motifs is 1. The van der Waals surface area contributed by atoms with Crippen molar-refractivity contribution in [3.8, 4) is 11.5 Å². The van der Waals surface area contributed by atoms with E-state index in [1.165, 1.54) is 21.6 Å².